The Morgan fingerprint density at radius 3 is 2.89 bits per heavy atom. The van der Waals surface area contributed by atoms with Crippen LogP contribution in [-0.4, -0.2) is 36.1 Å². The molecule has 1 rings (SSSR count). The predicted molar refractivity (Wildman–Crippen MR) is 74.8 cm³/mol. The van der Waals surface area contributed by atoms with Crippen molar-refractivity contribution in [2.75, 3.05) is 19.8 Å². The number of nitrogens with zero attached hydrogens (tertiary/aromatic N) is 1. The second kappa shape index (κ2) is 7.96. The maximum atomic E-state index is 12.0. The first-order chi connectivity index (χ1) is 9.04. The van der Waals surface area contributed by atoms with Crippen LogP contribution in [0.25, 0.3) is 0 Å². The highest BCUT2D eigenvalue weighted by atomic mass is 79.9. The van der Waals surface area contributed by atoms with Crippen molar-refractivity contribution >= 4 is 27.7 Å². The summed E-state index contributed by atoms with van der Waals surface area (Å²) < 4.78 is 7.72. The molecular formula is C12H18BrN3O3. The first-order valence-corrected chi connectivity index (χ1v) is 6.83. The minimum Gasteiger partial charge on any atom is -0.370 e. The molecule has 0 fully saturated rings. The molecule has 0 bridgehead atoms. The Labute approximate surface area is 120 Å². The molecule has 2 amide bonds. The van der Waals surface area contributed by atoms with E-state index in [0.29, 0.717) is 12.2 Å². The van der Waals surface area contributed by atoms with Crippen LogP contribution in [0, 0.1) is 0 Å². The summed E-state index contributed by atoms with van der Waals surface area (Å²) in [5.74, 6) is -0.686. The summed E-state index contributed by atoms with van der Waals surface area (Å²) in [7, 11) is 0. The molecule has 19 heavy (non-hydrogen) atoms. The number of rotatable bonds is 8. The molecule has 0 unspecified atom stereocenters. The standard InChI is InChI=1S/C12H18BrN3O3/c1-2-4-16-7-9(13)6-10(16)12(18)15-3-5-19-8-11(14)17/h6-7H,2-5,8H2,1H3,(H2,14,17)(H,15,18). The lowest BCUT2D eigenvalue weighted by atomic mass is 10.3. The van der Waals surface area contributed by atoms with Gasteiger partial charge >= 0.3 is 0 Å². The fourth-order valence-corrected chi connectivity index (χ4v) is 2.06. The topological polar surface area (TPSA) is 86.3 Å². The number of halogens is 1. The van der Waals surface area contributed by atoms with Crippen LogP contribution in [0.5, 0.6) is 0 Å². The van der Waals surface area contributed by atoms with Crippen LogP contribution in [0.1, 0.15) is 23.8 Å². The normalized spacial score (nSPS) is 10.4. The lowest BCUT2D eigenvalue weighted by molar-refractivity contribution is -0.122. The number of carbonyl (C=O) groups excluding carboxylic acids is 2. The second-order valence-electron chi connectivity index (χ2n) is 4.01. The van der Waals surface area contributed by atoms with Gasteiger partial charge in [0.1, 0.15) is 12.3 Å². The molecule has 106 valence electrons. The molecule has 0 spiro atoms. The average Bonchev–Trinajstić information content (AvgIpc) is 2.70. The van der Waals surface area contributed by atoms with E-state index in [1.54, 1.807) is 6.07 Å². The fraction of sp³-hybridized carbons (Fsp3) is 0.500. The largest absolute Gasteiger partial charge is 0.370 e. The summed E-state index contributed by atoms with van der Waals surface area (Å²) in [5, 5.41) is 2.73. The Morgan fingerprint density at radius 1 is 1.53 bits per heavy atom. The highest BCUT2D eigenvalue weighted by Gasteiger charge is 2.12. The summed E-state index contributed by atoms with van der Waals surface area (Å²) in [4.78, 5) is 22.4. The number of amides is 2. The molecule has 0 saturated carbocycles. The third kappa shape index (κ3) is 5.44. The molecule has 0 aliphatic heterocycles. The molecule has 1 aromatic rings. The molecule has 0 aromatic carbocycles. The van der Waals surface area contributed by atoms with Crippen molar-refractivity contribution in [1.29, 1.82) is 0 Å². The van der Waals surface area contributed by atoms with Crippen LogP contribution in [0.15, 0.2) is 16.7 Å². The van der Waals surface area contributed by atoms with Crippen LogP contribution in [-0.2, 0) is 16.1 Å². The molecule has 1 aromatic heterocycles. The number of carbonyl (C=O) groups is 2. The van der Waals surface area contributed by atoms with E-state index in [1.165, 1.54) is 0 Å². The smallest absolute Gasteiger partial charge is 0.268 e. The molecule has 0 radical (unpaired) electrons. The number of aromatic nitrogens is 1. The maximum Gasteiger partial charge on any atom is 0.268 e. The fourth-order valence-electron chi connectivity index (χ4n) is 1.59. The van der Waals surface area contributed by atoms with Gasteiger partial charge in [0, 0.05) is 23.8 Å². The summed E-state index contributed by atoms with van der Waals surface area (Å²) >= 11 is 3.35. The van der Waals surface area contributed by atoms with Gasteiger partial charge in [-0.1, -0.05) is 6.92 Å². The van der Waals surface area contributed by atoms with Gasteiger partial charge in [-0.3, -0.25) is 9.59 Å². The van der Waals surface area contributed by atoms with Gasteiger partial charge in [0.15, 0.2) is 0 Å². The third-order valence-electron chi connectivity index (χ3n) is 2.34. The number of hydrogen-bond donors (Lipinski definition) is 2. The zero-order valence-corrected chi connectivity index (χ0v) is 12.4. The minimum atomic E-state index is -0.521. The van der Waals surface area contributed by atoms with E-state index < -0.39 is 5.91 Å². The summed E-state index contributed by atoms with van der Waals surface area (Å²) in [6.45, 7) is 3.29. The van der Waals surface area contributed by atoms with Crippen molar-refractivity contribution in [2.24, 2.45) is 5.73 Å². The van der Waals surface area contributed by atoms with Gasteiger partial charge in [0.25, 0.3) is 5.91 Å². The molecule has 0 atom stereocenters. The summed E-state index contributed by atoms with van der Waals surface area (Å²) in [5.41, 5.74) is 5.52. The molecule has 1 heterocycles. The Bertz CT molecular complexity index is 445. The van der Waals surface area contributed by atoms with Crippen LogP contribution >= 0.6 is 15.9 Å². The number of hydrogen-bond acceptors (Lipinski definition) is 3. The van der Waals surface area contributed by atoms with Crippen molar-refractivity contribution in [3.05, 3.63) is 22.4 Å². The molecule has 7 heteroatoms. The van der Waals surface area contributed by atoms with Crippen LogP contribution in [0.3, 0.4) is 0 Å². The van der Waals surface area contributed by atoms with Gasteiger partial charge in [-0.2, -0.15) is 0 Å². The number of aryl methyl sites for hydroxylation is 1. The van der Waals surface area contributed by atoms with Gasteiger partial charge in [-0.15, -0.1) is 0 Å². The monoisotopic (exact) mass is 331 g/mol. The van der Waals surface area contributed by atoms with Crippen LogP contribution < -0.4 is 11.1 Å². The van der Waals surface area contributed by atoms with E-state index in [9.17, 15) is 9.59 Å². The molecule has 0 saturated heterocycles. The Morgan fingerprint density at radius 2 is 2.26 bits per heavy atom. The van der Waals surface area contributed by atoms with Crippen molar-refractivity contribution < 1.29 is 14.3 Å². The van der Waals surface area contributed by atoms with E-state index in [4.69, 9.17) is 10.5 Å². The number of nitrogens with one attached hydrogen (secondary N) is 1. The van der Waals surface area contributed by atoms with Gasteiger partial charge in [0.05, 0.1) is 6.61 Å². The molecular weight excluding hydrogens is 314 g/mol. The lowest BCUT2D eigenvalue weighted by Crippen LogP contribution is -2.30. The van der Waals surface area contributed by atoms with E-state index in [-0.39, 0.29) is 19.1 Å². The van der Waals surface area contributed by atoms with Crippen LogP contribution in [0.2, 0.25) is 0 Å². The van der Waals surface area contributed by atoms with Crippen molar-refractivity contribution in [3.63, 3.8) is 0 Å². The number of nitrogens with two attached hydrogens (primary N) is 1. The van der Waals surface area contributed by atoms with Gasteiger partial charge in [0.2, 0.25) is 5.91 Å². The number of primary amides is 1. The Kier molecular flexibility index (Phi) is 6.58. The first-order valence-electron chi connectivity index (χ1n) is 6.04. The highest BCUT2D eigenvalue weighted by Crippen LogP contribution is 2.15. The van der Waals surface area contributed by atoms with Gasteiger partial charge < -0.3 is 20.4 Å². The van der Waals surface area contributed by atoms with Crippen molar-refractivity contribution in [3.8, 4) is 0 Å². The molecule has 3 N–H and O–H groups in total. The maximum absolute atomic E-state index is 12.0. The highest BCUT2D eigenvalue weighted by molar-refractivity contribution is 9.10. The minimum absolute atomic E-state index is 0.131. The third-order valence-corrected chi connectivity index (χ3v) is 2.77. The van der Waals surface area contributed by atoms with Gasteiger partial charge in [-0.25, -0.2) is 0 Å². The predicted octanol–water partition coefficient (Wildman–Crippen LogP) is 0.892. The van der Waals surface area contributed by atoms with Crippen molar-refractivity contribution in [1.82, 2.24) is 9.88 Å². The Balaban J connectivity index is 2.42. The quantitative estimate of drug-likeness (QED) is 0.693. The lowest BCUT2D eigenvalue weighted by Gasteiger charge is -2.08. The van der Waals surface area contributed by atoms with E-state index >= 15 is 0 Å². The van der Waals surface area contributed by atoms with Crippen molar-refractivity contribution in [2.45, 2.75) is 19.9 Å². The van der Waals surface area contributed by atoms with E-state index in [2.05, 4.69) is 21.2 Å². The summed E-state index contributed by atoms with van der Waals surface area (Å²) in [6, 6.07) is 1.77. The zero-order chi connectivity index (χ0) is 14.3. The zero-order valence-electron chi connectivity index (χ0n) is 10.8. The number of ether oxygens (including phenoxy) is 1. The second-order valence-corrected chi connectivity index (χ2v) is 4.93. The van der Waals surface area contributed by atoms with E-state index in [1.807, 2.05) is 17.7 Å². The van der Waals surface area contributed by atoms with Gasteiger partial charge in [-0.05, 0) is 28.4 Å². The Hall–Kier alpha value is -1.34. The molecule has 0 aliphatic carbocycles. The summed E-state index contributed by atoms with van der Waals surface area (Å²) in [6.07, 6.45) is 2.82. The first kappa shape index (κ1) is 15.7. The molecule has 6 nitrogen and oxygen atoms in total. The van der Waals surface area contributed by atoms with Crippen LogP contribution in [0.4, 0.5) is 0 Å². The SMILES string of the molecule is CCCn1cc(Br)cc1C(=O)NCCOCC(N)=O. The van der Waals surface area contributed by atoms with E-state index in [0.717, 1.165) is 17.4 Å². The average molecular weight is 332 g/mol. The molecule has 0 aliphatic rings.